The summed E-state index contributed by atoms with van der Waals surface area (Å²) >= 11 is 0. The summed E-state index contributed by atoms with van der Waals surface area (Å²) < 4.78 is 26.8. The minimum atomic E-state index is -0.716. The fourth-order valence-corrected chi connectivity index (χ4v) is 11.5. The number of rotatable bonds is 54. The number of aliphatic hydroxyl groups excluding tert-OH is 4. The molecule has 1 rings (SSSR count). The van der Waals surface area contributed by atoms with Gasteiger partial charge in [-0.05, 0) is 108 Å². The molecule has 470 valence electrons. The molecular formula is C60H114N4O14S2. The summed E-state index contributed by atoms with van der Waals surface area (Å²) in [5.41, 5.74) is 0. The second-order valence-electron chi connectivity index (χ2n) is 21.9. The highest BCUT2D eigenvalue weighted by Crippen LogP contribution is 2.23. The normalized spacial score (nSPS) is 14.9. The van der Waals surface area contributed by atoms with Gasteiger partial charge in [0.2, 0.25) is 0 Å². The first-order chi connectivity index (χ1) is 38.6. The molecule has 1 saturated heterocycles. The van der Waals surface area contributed by atoms with Gasteiger partial charge in [-0.1, -0.05) is 102 Å². The van der Waals surface area contributed by atoms with Gasteiger partial charge < -0.3 is 44.1 Å². The Morgan fingerprint density at radius 3 is 1.19 bits per heavy atom. The average molecular weight is 1180 g/mol. The Balaban J connectivity index is 2.44. The molecule has 20 heteroatoms. The first-order valence-electron chi connectivity index (χ1n) is 31.3. The zero-order chi connectivity index (χ0) is 59.0. The fourth-order valence-electron chi connectivity index (χ4n) is 9.35. The minimum absolute atomic E-state index is 0.171. The Kier molecular flexibility index (Phi) is 48.5. The van der Waals surface area contributed by atoms with Crippen LogP contribution in [0.4, 0.5) is 0 Å². The molecule has 0 aromatic carbocycles. The number of ether oxygens (including phenoxy) is 5. The fraction of sp³-hybridized carbons (Fsp3) is 0.917. The SMILES string of the molecule is CCCOC(=O)CCCC(O)CN(CCCC(=O)OCCN1CCN(CCSSCCCCN(CC(O)CCCCC(=O)OCC(CC)CC)CC(O)CCCCC(=O)OCC(CC)CC)CC1)CC(O)CCCC(=O)OCCC. The van der Waals surface area contributed by atoms with Crippen molar-refractivity contribution in [1.29, 1.82) is 0 Å². The Hall–Kier alpha value is -2.27. The second kappa shape index (κ2) is 51.2. The summed E-state index contributed by atoms with van der Waals surface area (Å²) in [4.78, 5) is 70.0. The lowest BCUT2D eigenvalue weighted by Gasteiger charge is -2.34. The summed E-state index contributed by atoms with van der Waals surface area (Å²) in [6.07, 6.45) is 12.6. The van der Waals surface area contributed by atoms with E-state index >= 15 is 0 Å². The van der Waals surface area contributed by atoms with Crippen LogP contribution in [0.2, 0.25) is 0 Å². The maximum atomic E-state index is 12.8. The molecule has 80 heavy (non-hydrogen) atoms. The van der Waals surface area contributed by atoms with Crippen LogP contribution in [0.25, 0.3) is 0 Å². The maximum absolute atomic E-state index is 12.8. The second-order valence-corrected chi connectivity index (χ2v) is 24.6. The highest BCUT2D eigenvalue weighted by Gasteiger charge is 2.21. The summed E-state index contributed by atoms with van der Waals surface area (Å²) in [5.74, 6) is 1.67. The summed E-state index contributed by atoms with van der Waals surface area (Å²) in [6, 6.07) is 0. The zero-order valence-corrected chi connectivity index (χ0v) is 52.5. The van der Waals surface area contributed by atoms with Crippen LogP contribution in [-0.4, -0.2) is 217 Å². The highest BCUT2D eigenvalue weighted by atomic mass is 33.1. The van der Waals surface area contributed by atoms with Crippen LogP contribution < -0.4 is 0 Å². The van der Waals surface area contributed by atoms with Crippen molar-refractivity contribution in [2.75, 3.05) is 123 Å². The molecule has 4 N–H and O–H groups in total. The van der Waals surface area contributed by atoms with Gasteiger partial charge >= 0.3 is 29.8 Å². The summed E-state index contributed by atoms with van der Waals surface area (Å²) in [5, 5.41) is 43.6. The van der Waals surface area contributed by atoms with Crippen molar-refractivity contribution >= 4 is 51.4 Å². The largest absolute Gasteiger partial charge is 0.466 e. The third-order valence-corrected chi connectivity index (χ3v) is 17.2. The van der Waals surface area contributed by atoms with Crippen molar-refractivity contribution < 1.29 is 68.1 Å². The Bertz CT molecular complexity index is 1470. The van der Waals surface area contributed by atoms with E-state index in [1.54, 1.807) is 0 Å². The lowest BCUT2D eigenvalue weighted by molar-refractivity contribution is -0.146. The molecule has 0 aliphatic carbocycles. The molecule has 1 heterocycles. The van der Waals surface area contributed by atoms with E-state index in [2.05, 4.69) is 42.4 Å². The van der Waals surface area contributed by atoms with Crippen molar-refractivity contribution in [3.63, 3.8) is 0 Å². The number of unbranched alkanes of at least 4 members (excludes halogenated alkanes) is 3. The molecule has 1 aliphatic rings. The van der Waals surface area contributed by atoms with Crippen LogP contribution in [-0.2, 0) is 47.7 Å². The minimum Gasteiger partial charge on any atom is -0.466 e. The monoisotopic (exact) mass is 1180 g/mol. The van der Waals surface area contributed by atoms with Crippen LogP contribution in [0.3, 0.4) is 0 Å². The summed E-state index contributed by atoms with van der Waals surface area (Å²) in [7, 11) is 3.79. The molecule has 0 bridgehead atoms. The molecule has 0 spiro atoms. The molecule has 4 unspecified atom stereocenters. The van der Waals surface area contributed by atoms with Crippen molar-refractivity contribution in [2.24, 2.45) is 11.8 Å². The molecular weight excluding hydrogens is 1060 g/mol. The van der Waals surface area contributed by atoms with Gasteiger partial charge in [-0.2, -0.15) is 0 Å². The molecule has 18 nitrogen and oxygen atoms in total. The van der Waals surface area contributed by atoms with Crippen molar-refractivity contribution in [3.8, 4) is 0 Å². The molecule has 1 aliphatic heterocycles. The van der Waals surface area contributed by atoms with Crippen molar-refractivity contribution in [1.82, 2.24) is 19.6 Å². The van der Waals surface area contributed by atoms with Gasteiger partial charge in [0.15, 0.2) is 0 Å². The number of carbonyl (C=O) groups is 5. The first kappa shape index (κ1) is 75.7. The smallest absolute Gasteiger partial charge is 0.305 e. The average Bonchev–Trinajstić information content (AvgIpc) is 3.43. The standard InChI is InChI=1S/C60H114N4O14S2/c1-7-39-74-56(69)28-19-24-54(67)46-64(47-55(68)25-20-29-57(70)75-40-8-2)32-21-30-58(71)76-41-37-61-33-35-62(36-34-61)38-43-80-79-42-18-17-31-63(44-52(65)22-13-15-26-59(72)77-48-50(9-3)10-4)45-53(66)23-14-16-27-60(73)78-49-51(11-5)12-6/h50-55,65-68H,7-49H2,1-6H3. The van der Waals surface area contributed by atoms with Crippen LogP contribution in [0.15, 0.2) is 0 Å². The Morgan fingerprint density at radius 1 is 0.412 bits per heavy atom. The molecule has 0 aromatic rings. The number of nitrogens with zero attached hydrogens (tertiary/aromatic N) is 4. The molecule has 1 fully saturated rings. The quantitative estimate of drug-likeness (QED) is 0.0194. The van der Waals surface area contributed by atoms with E-state index in [1.165, 1.54) is 0 Å². The number of hydrogen-bond acceptors (Lipinski definition) is 20. The van der Waals surface area contributed by atoms with Crippen molar-refractivity contribution in [3.05, 3.63) is 0 Å². The molecule has 4 atom stereocenters. The van der Waals surface area contributed by atoms with Crippen LogP contribution in [0.1, 0.15) is 196 Å². The van der Waals surface area contributed by atoms with E-state index in [1.807, 2.05) is 40.3 Å². The molecule has 0 radical (unpaired) electrons. The molecule has 0 amide bonds. The maximum Gasteiger partial charge on any atom is 0.305 e. The van der Waals surface area contributed by atoms with Crippen molar-refractivity contribution in [2.45, 2.75) is 220 Å². The Labute approximate surface area is 492 Å². The van der Waals surface area contributed by atoms with E-state index in [9.17, 15) is 44.4 Å². The predicted molar refractivity (Wildman–Crippen MR) is 321 cm³/mol. The van der Waals surface area contributed by atoms with E-state index in [0.717, 1.165) is 115 Å². The van der Waals surface area contributed by atoms with E-state index in [0.29, 0.717) is 142 Å². The van der Waals surface area contributed by atoms with Gasteiger partial charge in [-0.3, -0.25) is 43.6 Å². The molecule has 0 aromatic heterocycles. The lowest BCUT2D eigenvalue weighted by atomic mass is 10.1. The van der Waals surface area contributed by atoms with Crippen LogP contribution in [0, 0.1) is 11.8 Å². The van der Waals surface area contributed by atoms with Crippen LogP contribution in [0.5, 0.6) is 0 Å². The lowest BCUT2D eigenvalue weighted by Crippen LogP contribution is -2.47. The van der Waals surface area contributed by atoms with Gasteiger partial charge in [0.25, 0.3) is 0 Å². The van der Waals surface area contributed by atoms with Gasteiger partial charge in [0.05, 0.1) is 50.8 Å². The first-order valence-corrected chi connectivity index (χ1v) is 33.8. The zero-order valence-electron chi connectivity index (χ0n) is 50.8. The van der Waals surface area contributed by atoms with Gasteiger partial charge in [-0.25, -0.2) is 0 Å². The topological polar surface area (TPSA) is 225 Å². The van der Waals surface area contributed by atoms with E-state index in [-0.39, 0.29) is 62.2 Å². The van der Waals surface area contributed by atoms with E-state index < -0.39 is 24.4 Å². The number of piperazine rings is 1. The summed E-state index contributed by atoms with van der Waals surface area (Å²) in [6.45, 7) is 22.5. The third-order valence-electron chi connectivity index (χ3n) is 14.8. The van der Waals surface area contributed by atoms with E-state index in [4.69, 9.17) is 23.7 Å². The Morgan fingerprint density at radius 2 is 0.762 bits per heavy atom. The number of aliphatic hydroxyl groups is 4. The van der Waals surface area contributed by atoms with Gasteiger partial charge in [0.1, 0.15) is 6.61 Å². The predicted octanol–water partition coefficient (Wildman–Crippen LogP) is 8.46. The van der Waals surface area contributed by atoms with Crippen LogP contribution >= 0.6 is 21.6 Å². The molecule has 0 saturated carbocycles. The third kappa shape index (κ3) is 43.4. The highest BCUT2D eigenvalue weighted by molar-refractivity contribution is 8.76. The number of carbonyl (C=O) groups excluding carboxylic acids is 5. The van der Waals surface area contributed by atoms with Gasteiger partial charge in [-0.15, -0.1) is 0 Å². The number of hydrogen-bond donors (Lipinski definition) is 4. The van der Waals surface area contributed by atoms with Gasteiger partial charge in [0, 0.05) is 109 Å². The number of esters is 5.